The van der Waals surface area contributed by atoms with Crippen LogP contribution in [0.3, 0.4) is 0 Å². The van der Waals surface area contributed by atoms with Crippen molar-refractivity contribution in [3.05, 3.63) is 23.8 Å². The third-order valence-electron chi connectivity index (χ3n) is 3.59. The number of ether oxygens (including phenoxy) is 4. The summed E-state index contributed by atoms with van der Waals surface area (Å²) in [5.74, 6) is 1.29. The highest BCUT2D eigenvalue weighted by atomic mass is 16.6. The van der Waals surface area contributed by atoms with Gasteiger partial charge in [0.25, 0.3) is 0 Å². The lowest BCUT2D eigenvalue weighted by molar-refractivity contribution is 0.0513. The van der Waals surface area contributed by atoms with E-state index >= 15 is 0 Å². The molecule has 2 amide bonds. The summed E-state index contributed by atoms with van der Waals surface area (Å²) < 4.78 is 22.0. The maximum Gasteiger partial charge on any atom is 0.407 e. The van der Waals surface area contributed by atoms with E-state index in [1.807, 2.05) is 94.4 Å². The zero-order valence-electron chi connectivity index (χ0n) is 23.9. The quantitative estimate of drug-likeness (QED) is 0.351. The zero-order chi connectivity index (χ0) is 27.5. The molecule has 0 heterocycles. The fourth-order valence-corrected chi connectivity index (χ4v) is 2.37. The van der Waals surface area contributed by atoms with Crippen molar-refractivity contribution in [2.24, 2.45) is 0 Å². The molecule has 0 aliphatic carbocycles. The molecule has 0 saturated carbocycles. The average molecular weight is 499 g/mol. The Morgan fingerprint density at radius 1 is 0.714 bits per heavy atom. The lowest BCUT2D eigenvalue weighted by atomic mass is 10.2. The molecule has 0 aliphatic rings. The number of carbonyl (C=O) groups is 2. The van der Waals surface area contributed by atoms with Gasteiger partial charge in [-0.15, -0.1) is 0 Å². The SMILES string of the molecule is CC.CC.Cc1ccc(OCCCNC(=O)OC(C)(C)C)c(OCCCNC(=O)OC(C)(C)C)c1. The molecule has 0 aliphatic heterocycles. The van der Waals surface area contributed by atoms with Crippen LogP contribution in [-0.4, -0.2) is 49.7 Å². The molecule has 2 N–H and O–H groups in total. The van der Waals surface area contributed by atoms with E-state index in [1.165, 1.54) is 0 Å². The highest BCUT2D eigenvalue weighted by molar-refractivity contribution is 5.67. The minimum Gasteiger partial charge on any atom is -0.490 e. The van der Waals surface area contributed by atoms with Crippen LogP contribution < -0.4 is 20.1 Å². The fraction of sp³-hybridized carbons (Fsp3) is 0.704. The Hall–Kier alpha value is -2.64. The number of hydrogen-bond acceptors (Lipinski definition) is 6. The first-order chi connectivity index (χ1) is 16.4. The van der Waals surface area contributed by atoms with Crippen LogP contribution >= 0.6 is 0 Å². The maximum atomic E-state index is 11.6. The second-order valence-corrected chi connectivity index (χ2v) is 9.21. The molecular formula is C27H50N2O6. The van der Waals surface area contributed by atoms with Crippen LogP contribution in [-0.2, 0) is 9.47 Å². The van der Waals surface area contributed by atoms with Crippen LogP contribution in [0.5, 0.6) is 11.5 Å². The number of hydrogen-bond donors (Lipinski definition) is 2. The molecule has 0 radical (unpaired) electrons. The third kappa shape index (κ3) is 20.4. The van der Waals surface area contributed by atoms with Crippen LogP contribution in [0.1, 0.15) is 87.6 Å². The predicted molar refractivity (Wildman–Crippen MR) is 143 cm³/mol. The number of nitrogens with one attached hydrogen (secondary N) is 2. The summed E-state index contributed by atoms with van der Waals surface area (Å²) in [7, 11) is 0. The molecule has 0 aromatic heterocycles. The second kappa shape index (κ2) is 18.7. The van der Waals surface area contributed by atoms with Gasteiger partial charge in [-0.25, -0.2) is 9.59 Å². The number of amides is 2. The summed E-state index contributed by atoms with van der Waals surface area (Å²) in [6.07, 6.45) is 0.387. The Morgan fingerprint density at radius 3 is 1.51 bits per heavy atom. The largest absolute Gasteiger partial charge is 0.490 e. The molecule has 0 unspecified atom stereocenters. The van der Waals surface area contributed by atoms with Crippen molar-refractivity contribution < 1.29 is 28.5 Å². The number of rotatable bonds is 10. The zero-order valence-corrected chi connectivity index (χ0v) is 23.9. The van der Waals surface area contributed by atoms with E-state index < -0.39 is 23.4 Å². The lowest BCUT2D eigenvalue weighted by Crippen LogP contribution is -2.33. The first kappa shape index (κ1) is 34.5. The number of carbonyl (C=O) groups excluding carboxylic acids is 2. The Kier molecular flexibility index (Phi) is 18.4. The topological polar surface area (TPSA) is 95.1 Å². The van der Waals surface area contributed by atoms with E-state index in [0.717, 1.165) is 5.56 Å². The molecule has 1 aromatic carbocycles. The van der Waals surface area contributed by atoms with Crippen LogP contribution in [0.2, 0.25) is 0 Å². The molecule has 0 atom stereocenters. The van der Waals surface area contributed by atoms with Crippen molar-refractivity contribution in [3.8, 4) is 11.5 Å². The number of alkyl carbamates (subject to hydrolysis) is 2. The summed E-state index contributed by atoms with van der Waals surface area (Å²) in [6, 6.07) is 5.73. The molecule has 35 heavy (non-hydrogen) atoms. The fourth-order valence-electron chi connectivity index (χ4n) is 2.37. The van der Waals surface area contributed by atoms with Gasteiger partial charge in [0.2, 0.25) is 0 Å². The minimum absolute atomic E-state index is 0.426. The highest BCUT2D eigenvalue weighted by Gasteiger charge is 2.16. The molecule has 1 rings (SSSR count). The van der Waals surface area contributed by atoms with Gasteiger partial charge >= 0.3 is 12.2 Å². The summed E-state index contributed by atoms with van der Waals surface area (Å²) in [4.78, 5) is 23.3. The Balaban J connectivity index is 0. The summed E-state index contributed by atoms with van der Waals surface area (Å²) in [5.41, 5.74) is 0.0225. The van der Waals surface area contributed by atoms with Crippen LogP contribution in [0, 0.1) is 6.92 Å². The smallest absolute Gasteiger partial charge is 0.407 e. The monoisotopic (exact) mass is 498 g/mol. The van der Waals surface area contributed by atoms with Gasteiger partial charge in [0, 0.05) is 13.1 Å². The molecule has 0 bridgehead atoms. The molecule has 8 nitrogen and oxygen atoms in total. The Bertz CT molecular complexity index is 709. The Labute approximate surface area is 213 Å². The molecule has 0 fully saturated rings. The van der Waals surface area contributed by atoms with Gasteiger partial charge in [-0.2, -0.15) is 0 Å². The van der Waals surface area contributed by atoms with E-state index in [-0.39, 0.29) is 0 Å². The normalized spacial score (nSPS) is 10.5. The van der Waals surface area contributed by atoms with Gasteiger partial charge in [0.1, 0.15) is 11.2 Å². The van der Waals surface area contributed by atoms with Crippen molar-refractivity contribution in [2.75, 3.05) is 26.3 Å². The van der Waals surface area contributed by atoms with Crippen molar-refractivity contribution in [3.63, 3.8) is 0 Å². The predicted octanol–water partition coefficient (Wildman–Crippen LogP) is 6.63. The van der Waals surface area contributed by atoms with E-state index in [2.05, 4.69) is 10.6 Å². The molecule has 0 saturated heterocycles. The van der Waals surface area contributed by atoms with Crippen LogP contribution in [0.25, 0.3) is 0 Å². The summed E-state index contributed by atoms with van der Waals surface area (Å²) in [5, 5.41) is 5.41. The number of aryl methyl sites for hydroxylation is 1. The van der Waals surface area contributed by atoms with E-state index in [4.69, 9.17) is 18.9 Å². The molecule has 204 valence electrons. The van der Waals surface area contributed by atoms with Gasteiger partial charge in [-0.1, -0.05) is 33.8 Å². The van der Waals surface area contributed by atoms with Crippen LogP contribution in [0.4, 0.5) is 9.59 Å². The molecule has 1 aromatic rings. The maximum absolute atomic E-state index is 11.6. The molecule has 8 heteroatoms. The first-order valence-corrected chi connectivity index (χ1v) is 12.7. The summed E-state index contributed by atoms with van der Waals surface area (Å²) in [6.45, 7) is 22.7. The third-order valence-corrected chi connectivity index (χ3v) is 3.59. The lowest BCUT2D eigenvalue weighted by Gasteiger charge is -2.20. The van der Waals surface area contributed by atoms with Crippen molar-refractivity contribution in [1.29, 1.82) is 0 Å². The standard InChI is InChI=1S/C23H38N2O6.2C2H6/c1-17-10-11-18(28-14-8-12-24-20(26)30-22(2,3)4)19(16-17)29-15-9-13-25-21(27)31-23(5,6)7;2*1-2/h10-11,16H,8-9,12-15H2,1-7H3,(H,24,26)(H,25,27);2*1-2H3. The van der Waals surface area contributed by atoms with Gasteiger partial charge in [0.05, 0.1) is 13.2 Å². The Morgan fingerprint density at radius 2 is 1.11 bits per heavy atom. The highest BCUT2D eigenvalue weighted by Crippen LogP contribution is 2.28. The van der Waals surface area contributed by atoms with E-state index in [1.54, 1.807) is 0 Å². The number of benzene rings is 1. The van der Waals surface area contributed by atoms with E-state index in [9.17, 15) is 9.59 Å². The van der Waals surface area contributed by atoms with Gasteiger partial charge in [-0.05, 0) is 79.0 Å². The minimum atomic E-state index is -0.517. The van der Waals surface area contributed by atoms with Crippen molar-refractivity contribution in [2.45, 2.75) is 100 Å². The first-order valence-electron chi connectivity index (χ1n) is 12.7. The second-order valence-electron chi connectivity index (χ2n) is 9.21. The van der Waals surface area contributed by atoms with Crippen molar-refractivity contribution >= 4 is 12.2 Å². The molecule has 0 spiro atoms. The van der Waals surface area contributed by atoms with Crippen LogP contribution in [0.15, 0.2) is 18.2 Å². The van der Waals surface area contributed by atoms with Gasteiger partial charge < -0.3 is 29.6 Å². The van der Waals surface area contributed by atoms with Gasteiger partial charge in [-0.3, -0.25) is 0 Å². The summed E-state index contributed by atoms with van der Waals surface area (Å²) >= 11 is 0. The average Bonchev–Trinajstić information content (AvgIpc) is 2.75. The molecular weight excluding hydrogens is 448 g/mol. The van der Waals surface area contributed by atoms with E-state index in [0.29, 0.717) is 50.6 Å². The van der Waals surface area contributed by atoms with Gasteiger partial charge in [0.15, 0.2) is 11.5 Å². The van der Waals surface area contributed by atoms with Crippen molar-refractivity contribution in [1.82, 2.24) is 10.6 Å².